The molecule has 0 aromatic heterocycles. The van der Waals surface area contributed by atoms with Crippen molar-refractivity contribution < 1.29 is 17.9 Å². The Kier molecular flexibility index (Phi) is 4.41. The fourth-order valence-corrected chi connectivity index (χ4v) is 2.79. The molecule has 1 aromatic rings. The minimum absolute atomic E-state index is 0.00745. The molecule has 0 aliphatic rings. The van der Waals surface area contributed by atoms with Gasteiger partial charge in [-0.2, -0.15) is 0 Å². The number of esters is 1. The summed E-state index contributed by atoms with van der Waals surface area (Å²) in [5.74, 6) is -0.617. The molecule has 94 valence electrons. The number of halogens is 2. The Morgan fingerprint density at radius 2 is 2.00 bits per heavy atom. The molecule has 0 unspecified atom stereocenters. The molecule has 0 fully saturated rings. The normalized spacial score (nSPS) is 11.3. The molecule has 17 heavy (non-hydrogen) atoms. The quantitative estimate of drug-likeness (QED) is 0.636. The van der Waals surface area contributed by atoms with Crippen LogP contribution in [0.5, 0.6) is 0 Å². The SMILES string of the molecule is CCOC(=O)c1cc(C)c(Cl)c(S(=O)(=O)Cl)c1. The molecule has 1 aromatic carbocycles. The molecule has 7 heteroatoms. The third-order valence-electron chi connectivity index (χ3n) is 1.99. The minimum Gasteiger partial charge on any atom is -0.462 e. The van der Waals surface area contributed by atoms with Crippen molar-refractivity contribution in [2.24, 2.45) is 0 Å². The average molecular weight is 297 g/mol. The van der Waals surface area contributed by atoms with Crippen molar-refractivity contribution in [3.05, 3.63) is 28.3 Å². The molecule has 0 saturated heterocycles. The molecular formula is C10H10Cl2O4S. The first-order chi connectivity index (χ1) is 7.77. The summed E-state index contributed by atoms with van der Waals surface area (Å²) in [5.41, 5.74) is 0.546. The smallest absolute Gasteiger partial charge is 0.338 e. The van der Waals surface area contributed by atoms with Crippen molar-refractivity contribution in [1.29, 1.82) is 0 Å². The molecule has 0 aliphatic heterocycles. The zero-order valence-electron chi connectivity index (χ0n) is 9.16. The summed E-state index contributed by atoms with van der Waals surface area (Å²) in [6, 6.07) is 2.56. The predicted molar refractivity (Wildman–Crippen MR) is 65.2 cm³/mol. The summed E-state index contributed by atoms with van der Waals surface area (Å²) >= 11 is 5.82. The van der Waals surface area contributed by atoms with Gasteiger partial charge in [0.2, 0.25) is 0 Å². The third kappa shape index (κ3) is 3.34. The third-order valence-corrected chi connectivity index (χ3v) is 3.95. The molecule has 4 nitrogen and oxygen atoms in total. The first-order valence-corrected chi connectivity index (χ1v) is 7.38. The monoisotopic (exact) mass is 296 g/mol. The number of ether oxygens (including phenoxy) is 1. The number of benzene rings is 1. The highest BCUT2D eigenvalue weighted by molar-refractivity contribution is 8.13. The largest absolute Gasteiger partial charge is 0.462 e. The summed E-state index contributed by atoms with van der Waals surface area (Å²) in [6.45, 7) is 3.43. The van der Waals surface area contributed by atoms with Crippen LogP contribution >= 0.6 is 22.3 Å². The van der Waals surface area contributed by atoms with E-state index >= 15 is 0 Å². The number of carbonyl (C=O) groups is 1. The molecule has 0 amide bonds. The summed E-state index contributed by atoms with van der Waals surface area (Å²) in [7, 11) is 1.23. The molecule has 0 saturated carbocycles. The van der Waals surface area contributed by atoms with E-state index in [9.17, 15) is 13.2 Å². The Hall–Kier alpha value is -0.780. The van der Waals surface area contributed by atoms with Crippen LogP contribution in [-0.4, -0.2) is 21.0 Å². The molecular weight excluding hydrogens is 287 g/mol. The van der Waals surface area contributed by atoms with Crippen LogP contribution in [0, 0.1) is 6.92 Å². The lowest BCUT2D eigenvalue weighted by Crippen LogP contribution is -2.07. The van der Waals surface area contributed by atoms with Gasteiger partial charge >= 0.3 is 5.97 Å². The van der Waals surface area contributed by atoms with E-state index in [4.69, 9.17) is 27.0 Å². The molecule has 0 spiro atoms. The number of rotatable bonds is 3. The summed E-state index contributed by atoms with van der Waals surface area (Å²) in [5, 5.41) is 0.00745. The van der Waals surface area contributed by atoms with E-state index in [1.807, 2.05) is 0 Å². The Morgan fingerprint density at radius 1 is 1.41 bits per heavy atom. The van der Waals surface area contributed by atoms with Crippen molar-refractivity contribution in [3.8, 4) is 0 Å². The van der Waals surface area contributed by atoms with E-state index in [1.165, 1.54) is 6.07 Å². The zero-order chi connectivity index (χ0) is 13.2. The van der Waals surface area contributed by atoms with Gasteiger partial charge in [0.1, 0.15) is 4.90 Å². The molecule has 0 N–H and O–H groups in total. The van der Waals surface area contributed by atoms with Crippen LogP contribution in [-0.2, 0) is 13.8 Å². The predicted octanol–water partition coefficient (Wildman–Crippen LogP) is 2.75. The van der Waals surface area contributed by atoms with E-state index in [1.54, 1.807) is 13.8 Å². The van der Waals surface area contributed by atoms with Crippen LogP contribution < -0.4 is 0 Å². The highest BCUT2D eigenvalue weighted by atomic mass is 35.7. The van der Waals surface area contributed by atoms with Gasteiger partial charge in [0.15, 0.2) is 0 Å². The van der Waals surface area contributed by atoms with Crippen LogP contribution in [0.3, 0.4) is 0 Å². The van der Waals surface area contributed by atoms with Gasteiger partial charge in [-0.25, -0.2) is 13.2 Å². The maximum Gasteiger partial charge on any atom is 0.338 e. The molecule has 0 aliphatic carbocycles. The summed E-state index contributed by atoms with van der Waals surface area (Å²) in [6.07, 6.45) is 0. The number of aryl methyl sites for hydroxylation is 1. The topological polar surface area (TPSA) is 60.4 Å². The first-order valence-electron chi connectivity index (χ1n) is 4.69. The van der Waals surface area contributed by atoms with Gasteiger partial charge in [-0.1, -0.05) is 11.6 Å². The molecule has 0 heterocycles. The minimum atomic E-state index is -3.99. The van der Waals surface area contributed by atoms with Gasteiger partial charge in [0, 0.05) is 10.7 Å². The fourth-order valence-electron chi connectivity index (χ4n) is 1.25. The van der Waals surface area contributed by atoms with Gasteiger partial charge in [-0.05, 0) is 31.5 Å². The van der Waals surface area contributed by atoms with Gasteiger partial charge in [0.25, 0.3) is 9.05 Å². The maximum atomic E-state index is 11.5. The Bertz CT molecular complexity index is 552. The number of carbonyl (C=O) groups excluding carboxylic acids is 1. The molecule has 0 atom stereocenters. The van der Waals surface area contributed by atoms with E-state index in [0.29, 0.717) is 5.56 Å². The fraction of sp³-hybridized carbons (Fsp3) is 0.300. The van der Waals surface area contributed by atoms with E-state index in [0.717, 1.165) is 6.07 Å². The molecule has 0 bridgehead atoms. The Labute approximate surface area is 109 Å². The summed E-state index contributed by atoms with van der Waals surface area (Å²) in [4.78, 5) is 11.2. The second-order valence-electron chi connectivity index (χ2n) is 3.26. The van der Waals surface area contributed by atoms with Gasteiger partial charge in [0.05, 0.1) is 17.2 Å². The second-order valence-corrected chi connectivity index (χ2v) is 6.18. The zero-order valence-corrected chi connectivity index (χ0v) is 11.5. The van der Waals surface area contributed by atoms with Gasteiger partial charge in [-0.3, -0.25) is 0 Å². The lowest BCUT2D eigenvalue weighted by molar-refractivity contribution is 0.0526. The Morgan fingerprint density at radius 3 is 2.47 bits per heavy atom. The van der Waals surface area contributed by atoms with Crippen LogP contribution in [0.15, 0.2) is 17.0 Å². The van der Waals surface area contributed by atoms with Gasteiger partial charge < -0.3 is 4.74 Å². The highest BCUT2D eigenvalue weighted by Crippen LogP contribution is 2.29. The van der Waals surface area contributed by atoms with Crippen LogP contribution in [0.4, 0.5) is 0 Å². The van der Waals surface area contributed by atoms with Crippen LogP contribution in [0.25, 0.3) is 0 Å². The molecule has 1 rings (SSSR count). The van der Waals surface area contributed by atoms with E-state index in [-0.39, 0.29) is 22.1 Å². The number of hydrogen-bond acceptors (Lipinski definition) is 4. The maximum absolute atomic E-state index is 11.5. The van der Waals surface area contributed by atoms with Crippen molar-refractivity contribution in [2.75, 3.05) is 6.61 Å². The van der Waals surface area contributed by atoms with Crippen LogP contribution in [0.1, 0.15) is 22.8 Å². The standard InChI is InChI=1S/C10H10Cl2O4S/c1-3-16-10(13)7-4-6(2)9(11)8(5-7)17(12,14)15/h4-5H,3H2,1-2H3. The lowest BCUT2D eigenvalue weighted by atomic mass is 10.1. The van der Waals surface area contributed by atoms with E-state index in [2.05, 4.69) is 0 Å². The van der Waals surface area contributed by atoms with Gasteiger partial charge in [-0.15, -0.1) is 0 Å². The number of hydrogen-bond donors (Lipinski definition) is 0. The van der Waals surface area contributed by atoms with Crippen molar-refractivity contribution in [1.82, 2.24) is 0 Å². The Balaban J connectivity index is 3.39. The average Bonchev–Trinajstić information content (AvgIpc) is 2.20. The van der Waals surface area contributed by atoms with Crippen molar-refractivity contribution >= 4 is 37.3 Å². The van der Waals surface area contributed by atoms with Crippen molar-refractivity contribution in [2.45, 2.75) is 18.7 Å². The highest BCUT2D eigenvalue weighted by Gasteiger charge is 2.20. The molecule has 0 radical (unpaired) electrons. The van der Waals surface area contributed by atoms with E-state index < -0.39 is 15.0 Å². The lowest BCUT2D eigenvalue weighted by Gasteiger charge is -2.07. The van der Waals surface area contributed by atoms with Crippen molar-refractivity contribution in [3.63, 3.8) is 0 Å². The summed E-state index contributed by atoms with van der Waals surface area (Å²) < 4.78 is 27.3. The first kappa shape index (κ1) is 14.3. The van der Waals surface area contributed by atoms with Crippen LogP contribution in [0.2, 0.25) is 5.02 Å². The second kappa shape index (κ2) is 5.25.